The minimum Gasteiger partial charge on any atom is -0.366 e. The topological polar surface area (TPSA) is 66.0 Å². The predicted molar refractivity (Wildman–Crippen MR) is 134 cm³/mol. The largest absolute Gasteiger partial charge is 0.366 e. The molecule has 170 valence electrons. The van der Waals surface area contributed by atoms with Gasteiger partial charge in [-0.05, 0) is 63.2 Å². The van der Waals surface area contributed by atoms with Crippen LogP contribution in [0.5, 0.6) is 0 Å². The molecule has 4 aromatic rings. The van der Waals surface area contributed by atoms with Crippen LogP contribution in [0.4, 0.5) is 27.5 Å². The lowest BCUT2D eigenvalue weighted by molar-refractivity contribution is 0.613. The molecular weight excluding hydrogens is 439 g/mol. The van der Waals surface area contributed by atoms with Crippen LogP contribution in [0.15, 0.2) is 54.7 Å². The Balaban J connectivity index is 1.54. The van der Waals surface area contributed by atoms with Crippen molar-refractivity contribution in [1.29, 1.82) is 0 Å². The van der Waals surface area contributed by atoms with Crippen molar-refractivity contribution in [2.24, 2.45) is 0 Å². The molecule has 0 aliphatic carbocycles. The highest BCUT2D eigenvalue weighted by Gasteiger charge is 2.10. The summed E-state index contributed by atoms with van der Waals surface area (Å²) in [5.41, 5.74) is 3.83. The van der Waals surface area contributed by atoms with Gasteiger partial charge >= 0.3 is 0 Å². The van der Waals surface area contributed by atoms with Gasteiger partial charge in [0.05, 0.1) is 5.52 Å². The quantitative estimate of drug-likeness (QED) is 0.317. The van der Waals surface area contributed by atoms with Crippen molar-refractivity contribution in [2.75, 3.05) is 28.6 Å². The van der Waals surface area contributed by atoms with Gasteiger partial charge < -0.3 is 15.5 Å². The van der Waals surface area contributed by atoms with Gasteiger partial charge in [0.25, 0.3) is 0 Å². The van der Waals surface area contributed by atoms with Crippen molar-refractivity contribution >= 4 is 45.6 Å². The summed E-state index contributed by atoms with van der Waals surface area (Å²) >= 11 is 6.09. The maximum absolute atomic E-state index is 14.6. The smallest absolute Gasteiger partial charge is 0.227 e. The lowest BCUT2D eigenvalue weighted by Gasteiger charge is -2.20. The number of hydrogen-bond donors (Lipinski definition) is 2. The predicted octanol–water partition coefficient (Wildman–Crippen LogP) is 6.33. The third-order valence-electron chi connectivity index (χ3n) is 5.38. The summed E-state index contributed by atoms with van der Waals surface area (Å²) in [6, 6.07) is 14.3. The summed E-state index contributed by atoms with van der Waals surface area (Å²) in [5.74, 6) is 1.05. The number of nitrogens with one attached hydrogen (secondary N) is 2. The molecule has 0 fully saturated rings. The van der Waals surface area contributed by atoms with Gasteiger partial charge in [-0.3, -0.25) is 4.98 Å². The zero-order chi connectivity index (χ0) is 23.4. The Morgan fingerprint density at radius 3 is 2.61 bits per heavy atom. The van der Waals surface area contributed by atoms with E-state index in [1.807, 2.05) is 37.3 Å². The minimum atomic E-state index is -0.283. The number of nitrogens with zero attached hydrogens (tertiary/aromatic N) is 4. The molecule has 0 aliphatic heterocycles. The second-order valence-electron chi connectivity index (χ2n) is 7.67. The first-order chi connectivity index (χ1) is 16.0. The van der Waals surface area contributed by atoms with E-state index in [9.17, 15) is 4.39 Å². The van der Waals surface area contributed by atoms with Gasteiger partial charge in [-0.15, -0.1) is 0 Å². The maximum Gasteiger partial charge on any atom is 0.227 e. The Hall–Kier alpha value is -3.45. The van der Waals surface area contributed by atoms with Crippen molar-refractivity contribution in [3.63, 3.8) is 0 Å². The second-order valence-corrected chi connectivity index (χ2v) is 8.11. The molecule has 0 radical (unpaired) electrons. The van der Waals surface area contributed by atoms with Crippen molar-refractivity contribution < 1.29 is 4.39 Å². The Morgan fingerprint density at radius 2 is 1.82 bits per heavy atom. The monoisotopic (exact) mass is 464 g/mol. The molecule has 4 rings (SSSR count). The number of aromatic nitrogens is 3. The standard InChI is InChI=1S/C25H26ClFN6/c1-4-33(5-2)25-30-16(3)12-24(32-25)29-15-17-13-19(7-9-21(17)27)31-22-10-11-28-23-14-18(26)6-8-20(22)23/h6-14H,4-5,15H2,1-3H3,(H,28,31)(H,29,30,32). The van der Waals surface area contributed by atoms with Crippen LogP contribution in [0, 0.1) is 12.7 Å². The number of anilines is 4. The summed E-state index contributed by atoms with van der Waals surface area (Å²) in [4.78, 5) is 15.6. The van der Waals surface area contributed by atoms with Crippen LogP contribution in [-0.2, 0) is 6.54 Å². The van der Waals surface area contributed by atoms with Gasteiger partial charge in [0.2, 0.25) is 5.95 Å². The Bertz CT molecular complexity index is 1280. The van der Waals surface area contributed by atoms with E-state index < -0.39 is 0 Å². The van der Waals surface area contributed by atoms with Crippen LogP contribution < -0.4 is 15.5 Å². The summed E-state index contributed by atoms with van der Waals surface area (Å²) in [7, 11) is 0. The summed E-state index contributed by atoms with van der Waals surface area (Å²) < 4.78 is 14.6. The first kappa shape index (κ1) is 22.7. The molecule has 33 heavy (non-hydrogen) atoms. The molecule has 0 bridgehead atoms. The fraction of sp³-hybridized carbons (Fsp3) is 0.240. The van der Waals surface area contributed by atoms with E-state index in [2.05, 4.69) is 44.3 Å². The molecule has 2 aromatic heterocycles. The van der Waals surface area contributed by atoms with E-state index in [0.717, 1.165) is 41.1 Å². The number of aryl methyl sites for hydroxylation is 1. The van der Waals surface area contributed by atoms with Gasteiger partial charge in [-0.25, -0.2) is 9.37 Å². The highest BCUT2D eigenvalue weighted by Crippen LogP contribution is 2.28. The molecule has 2 N–H and O–H groups in total. The van der Waals surface area contributed by atoms with E-state index in [0.29, 0.717) is 28.9 Å². The summed E-state index contributed by atoms with van der Waals surface area (Å²) in [6.45, 7) is 7.99. The summed E-state index contributed by atoms with van der Waals surface area (Å²) in [5, 5.41) is 8.18. The van der Waals surface area contributed by atoms with E-state index in [4.69, 9.17) is 11.6 Å². The molecule has 2 heterocycles. The van der Waals surface area contributed by atoms with Crippen molar-refractivity contribution in [1.82, 2.24) is 15.0 Å². The molecule has 0 amide bonds. The van der Waals surface area contributed by atoms with Crippen LogP contribution in [0.1, 0.15) is 25.1 Å². The number of rotatable bonds is 8. The van der Waals surface area contributed by atoms with Crippen LogP contribution in [-0.4, -0.2) is 28.0 Å². The third-order valence-corrected chi connectivity index (χ3v) is 5.61. The number of halogens is 2. The molecule has 0 unspecified atom stereocenters. The number of fused-ring (bicyclic) bond motifs is 1. The fourth-order valence-corrected chi connectivity index (χ4v) is 3.82. The molecule has 6 nitrogen and oxygen atoms in total. The van der Waals surface area contributed by atoms with Crippen LogP contribution >= 0.6 is 11.6 Å². The highest BCUT2D eigenvalue weighted by atomic mass is 35.5. The van der Waals surface area contributed by atoms with E-state index >= 15 is 0 Å². The van der Waals surface area contributed by atoms with Gasteiger partial charge in [0.15, 0.2) is 0 Å². The average molecular weight is 465 g/mol. The Labute approximate surface area is 197 Å². The van der Waals surface area contributed by atoms with Crippen LogP contribution in [0.3, 0.4) is 0 Å². The van der Waals surface area contributed by atoms with Gasteiger partial charge in [-0.2, -0.15) is 4.98 Å². The number of hydrogen-bond acceptors (Lipinski definition) is 6. The van der Waals surface area contributed by atoms with Crippen molar-refractivity contribution in [3.05, 3.63) is 76.8 Å². The maximum atomic E-state index is 14.6. The Morgan fingerprint density at radius 1 is 1.00 bits per heavy atom. The van der Waals surface area contributed by atoms with E-state index in [1.165, 1.54) is 6.07 Å². The third kappa shape index (κ3) is 5.31. The molecule has 8 heteroatoms. The molecule has 0 aliphatic rings. The lowest BCUT2D eigenvalue weighted by atomic mass is 10.1. The van der Waals surface area contributed by atoms with Gasteiger partial charge in [-0.1, -0.05) is 11.6 Å². The molecule has 0 saturated heterocycles. The second kappa shape index (κ2) is 10.0. The SMILES string of the molecule is CCN(CC)c1nc(C)cc(NCc2cc(Nc3ccnc4cc(Cl)ccc34)ccc2F)n1. The molecule has 0 saturated carbocycles. The normalized spacial score (nSPS) is 10.9. The van der Waals surface area contributed by atoms with Gasteiger partial charge in [0, 0.05) is 64.9 Å². The van der Waals surface area contributed by atoms with Crippen LogP contribution in [0.25, 0.3) is 10.9 Å². The average Bonchev–Trinajstić information content (AvgIpc) is 2.80. The first-order valence-corrected chi connectivity index (χ1v) is 11.3. The van der Waals surface area contributed by atoms with Crippen LogP contribution in [0.2, 0.25) is 5.02 Å². The zero-order valence-electron chi connectivity index (χ0n) is 18.9. The molecule has 0 atom stereocenters. The molecule has 2 aromatic carbocycles. The zero-order valence-corrected chi connectivity index (χ0v) is 19.6. The number of benzene rings is 2. The fourth-order valence-electron chi connectivity index (χ4n) is 3.65. The van der Waals surface area contributed by atoms with E-state index in [1.54, 1.807) is 18.3 Å². The molecular formula is C25H26ClFN6. The highest BCUT2D eigenvalue weighted by molar-refractivity contribution is 6.31. The van der Waals surface area contributed by atoms with Crippen molar-refractivity contribution in [3.8, 4) is 0 Å². The van der Waals surface area contributed by atoms with Crippen molar-refractivity contribution in [2.45, 2.75) is 27.3 Å². The first-order valence-electron chi connectivity index (χ1n) is 10.9. The molecule has 0 spiro atoms. The lowest BCUT2D eigenvalue weighted by Crippen LogP contribution is -2.24. The summed E-state index contributed by atoms with van der Waals surface area (Å²) in [6.07, 6.45) is 1.72. The minimum absolute atomic E-state index is 0.283. The van der Waals surface area contributed by atoms with E-state index in [-0.39, 0.29) is 5.82 Å². The van der Waals surface area contributed by atoms with Gasteiger partial charge in [0.1, 0.15) is 11.6 Å². The Kier molecular flexibility index (Phi) is 6.89. The number of pyridine rings is 1.